The Labute approximate surface area is 115 Å². The van der Waals surface area contributed by atoms with Gasteiger partial charge in [0.05, 0.1) is 5.92 Å². The minimum absolute atomic E-state index is 0.274. The van der Waals surface area contributed by atoms with Crippen molar-refractivity contribution in [2.75, 3.05) is 13.1 Å². The van der Waals surface area contributed by atoms with Gasteiger partial charge < -0.3 is 5.11 Å². The number of rotatable bonds is 6. The topological polar surface area (TPSA) is 86.7 Å². The highest BCUT2D eigenvalue weighted by atomic mass is 32.2. The lowest BCUT2D eigenvalue weighted by Crippen LogP contribution is -2.53. The number of nitrogens with zero attached hydrogens (tertiary/aromatic N) is 1. The van der Waals surface area contributed by atoms with Crippen molar-refractivity contribution >= 4 is 16.2 Å². The van der Waals surface area contributed by atoms with E-state index in [1.807, 2.05) is 20.8 Å². The van der Waals surface area contributed by atoms with Crippen molar-refractivity contribution in [1.82, 2.24) is 9.03 Å². The largest absolute Gasteiger partial charge is 0.481 e. The molecular formula is C12H24N2O4S. The Morgan fingerprint density at radius 1 is 1.32 bits per heavy atom. The molecule has 1 aliphatic heterocycles. The summed E-state index contributed by atoms with van der Waals surface area (Å²) in [7, 11) is -3.52. The lowest BCUT2D eigenvalue weighted by molar-refractivity contribution is -0.142. The van der Waals surface area contributed by atoms with Crippen LogP contribution in [0.25, 0.3) is 0 Å². The van der Waals surface area contributed by atoms with E-state index in [2.05, 4.69) is 4.72 Å². The number of piperidine rings is 1. The number of hydrogen-bond acceptors (Lipinski definition) is 3. The minimum Gasteiger partial charge on any atom is -0.481 e. The summed E-state index contributed by atoms with van der Waals surface area (Å²) in [5, 5.41) is 8.91. The first-order chi connectivity index (χ1) is 8.74. The van der Waals surface area contributed by atoms with Crippen molar-refractivity contribution in [3.8, 4) is 0 Å². The van der Waals surface area contributed by atoms with E-state index in [9.17, 15) is 13.2 Å². The molecule has 1 fully saturated rings. The molecule has 0 atom stereocenters. The SMILES string of the molecule is CCC(C)(CC)NS(=O)(=O)N1CCC(C(=O)O)CC1. The van der Waals surface area contributed by atoms with Crippen molar-refractivity contribution in [1.29, 1.82) is 0 Å². The normalized spacial score (nSPS) is 19.5. The highest BCUT2D eigenvalue weighted by Gasteiger charge is 2.34. The third kappa shape index (κ3) is 4.15. The number of aliphatic carboxylic acids is 1. The molecule has 0 aromatic rings. The first-order valence-electron chi connectivity index (χ1n) is 6.76. The van der Waals surface area contributed by atoms with E-state index in [0.29, 0.717) is 25.7 Å². The molecule has 0 aromatic carbocycles. The van der Waals surface area contributed by atoms with Gasteiger partial charge in [0.15, 0.2) is 0 Å². The average Bonchev–Trinajstić information content (AvgIpc) is 2.38. The zero-order valence-electron chi connectivity index (χ0n) is 11.8. The molecule has 2 N–H and O–H groups in total. The van der Waals surface area contributed by atoms with Crippen LogP contribution in [0.3, 0.4) is 0 Å². The van der Waals surface area contributed by atoms with Crippen LogP contribution in [-0.2, 0) is 15.0 Å². The summed E-state index contributed by atoms with van der Waals surface area (Å²) in [6, 6.07) is 0. The Morgan fingerprint density at radius 2 is 1.79 bits per heavy atom. The molecule has 1 rings (SSSR count). The number of nitrogens with one attached hydrogen (secondary N) is 1. The number of carboxylic acids is 1. The van der Waals surface area contributed by atoms with Gasteiger partial charge in [0.25, 0.3) is 10.2 Å². The molecule has 0 bridgehead atoms. The van der Waals surface area contributed by atoms with Gasteiger partial charge in [-0.05, 0) is 32.6 Å². The van der Waals surface area contributed by atoms with E-state index in [0.717, 1.165) is 0 Å². The van der Waals surface area contributed by atoms with E-state index >= 15 is 0 Å². The third-order valence-corrected chi connectivity index (χ3v) is 5.87. The van der Waals surface area contributed by atoms with Gasteiger partial charge in [-0.25, -0.2) is 0 Å². The summed E-state index contributed by atoms with van der Waals surface area (Å²) in [6.45, 7) is 6.32. The van der Waals surface area contributed by atoms with Gasteiger partial charge in [-0.1, -0.05) is 13.8 Å². The molecule has 1 saturated heterocycles. The van der Waals surface area contributed by atoms with Crippen LogP contribution in [0.5, 0.6) is 0 Å². The van der Waals surface area contributed by atoms with E-state index < -0.39 is 27.6 Å². The van der Waals surface area contributed by atoms with Gasteiger partial charge in [-0.15, -0.1) is 0 Å². The Bertz CT molecular complexity index is 409. The second kappa shape index (κ2) is 6.19. The summed E-state index contributed by atoms with van der Waals surface area (Å²) < 4.78 is 28.6. The molecule has 0 aromatic heterocycles. The fourth-order valence-electron chi connectivity index (χ4n) is 2.11. The van der Waals surface area contributed by atoms with Gasteiger partial charge in [0, 0.05) is 18.6 Å². The van der Waals surface area contributed by atoms with Crippen LogP contribution in [0.4, 0.5) is 0 Å². The monoisotopic (exact) mass is 292 g/mol. The summed E-state index contributed by atoms with van der Waals surface area (Å²) in [4.78, 5) is 10.8. The van der Waals surface area contributed by atoms with Crippen LogP contribution in [-0.4, -0.2) is 42.4 Å². The van der Waals surface area contributed by atoms with E-state index in [-0.39, 0.29) is 13.1 Å². The maximum atomic E-state index is 12.3. The average molecular weight is 292 g/mol. The molecule has 7 heteroatoms. The maximum absolute atomic E-state index is 12.3. The molecule has 0 spiro atoms. The van der Waals surface area contributed by atoms with Crippen LogP contribution in [0, 0.1) is 5.92 Å². The van der Waals surface area contributed by atoms with Crippen LogP contribution >= 0.6 is 0 Å². The van der Waals surface area contributed by atoms with Gasteiger partial charge in [-0.2, -0.15) is 17.4 Å². The van der Waals surface area contributed by atoms with E-state index in [4.69, 9.17) is 5.11 Å². The molecule has 0 radical (unpaired) electrons. The molecule has 6 nitrogen and oxygen atoms in total. The van der Waals surface area contributed by atoms with Crippen molar-refractivity contribution in [3.05, 3.63) is 0 Å². The van der Waals surface area contributed by atoms with Crippen molar-refractivity contribution in [2.45, 2.75) is 52.0 Å². The van der Waals surface area contributed by atoms with E-state index in [1.165, 1.54) is 4.31 Å². The molecule has 19 heavy (non-hydrogen) atoms. The molecule has 1 heterocycles. The number of hydrogen-bond donors (Lipinski definition) is 2. The number of carbonyl (C=O) groups is 1. The molecular weight excluding hydrogens is 268 g/mol. The smallest absolute Gasteiger partial charge is 0.306 e. The Morgan fingerprint density at radius 3 is 2.16 bits per heavy atom. The lowest BCUT2D eigenvalue weighted by atomic mass is 9.98. The van der Waals surface area contributed by atoms with Crippen molar-refractivity contribution in [3.63, 3.8) is 0 Å². The quantitative estimate of drug-likeness (QED) is 0.770. The fourth-order valence-corrected chi connectivity index (χ4v) is 3.85. The third-order valence-electron chi connectivity index (χ3n) is 4.08. The standard InChI is InChI=1S/C12H24N2O4S/c1-4-12(3,5-2)13-19(17,18)14-8-6-10(7-9-14)11(15)16/h10,13H,4-9H2,1-3H3,(H,15,16). The fraction of sp³-hybridized carbons (Fsp3) is 0.917. The highest BCUT2D eigenvalue weighted by Crippen LogP contribution is 2.22. The predicted molar refractivity (Wildman–Crippen MR) is 73.0 cm³/mol. The van der Waals surface area contributed by atoms with Crippen molar-refractivity contribution < 1.29 is 18.3 Å². The molecule has 112 valence electrons. The zero-order chi connectivity index (χ0) is 14.7. The first kappa shape index (κ1) is 16.4. The maximum Gasteiger partial charge on any atom is 0.306 e. The summed E-state index contributed by atoms with van der Waals surface area (Å²) in [6.07, 6.45) is 2.19. The summed E-state index contributed by atoms with van der Waals surface area (Å²) in [5.41, 5.74) is -0.442. The molecule has 0 aliphatic carbocycles. The van der Waals surface area contributed by atoms with Gasteiger partial charge in [0.1, 0.15) is 0 Å². The molecule has 0 unspecified atom stereocenters. The van der Waals surface area contributed by atoms with E-state index in [1.54, 1.807) is 0 Å². The van der Waals surface area contributed by atoms with Gasteiger partial charge in [-0.3, -0.25) is 4.79 Å². The van der Waals surface area contributed by atoms with Crippen LogP contribution in [0.1, 0.15) is 46.5 Å². The Hall–Kier alpha value is -0.660. The van der Waals surface area contributed by atoms with Crippen LogP contribution in [0.15, 0.2) is 0 Å². The summed E-state index contributed by atoms with van der Waals surface area (Å²) >= 11 is 0. The van der Waals surface area contributed by atoms with Gasteiger partial charge >= 0.3 is 5.97 Å². The van der Waals surface area contributed by atoms with Gasteiger partial charge in [0.2, 0.25) is 0 Å². The first-order valence-corrected chi connectivity index (χ1v) is 8.20. The second-order valence-corrected chi connectivity index (χ2v) is 7.06. The summed E-state index contributed by atoms with van der Waals surface area (Å²) in [5.74, 6) is -1.26. The Kier molecular flexibility index (Phi) is 5.34. The molecule has 1 aliphatic rings. The lowest BCUT2D eigenvalue weighted by Gasteiger charge is -2.34. The zero-order valence-corrected chi connectivity index (χ0v) is 12.7. The second-order valence-electron chi connectivity index (χ2n) is 5.39. The molecule has 0 saturated carbocycles. The predicted octanol–water partition coefficient (Wildman–Crippen LogP) is 1.20. The highest BCUT2D eigenvalue weighted by molar-refractivity contribution is 7.87. The van der Waals surface area contributed by atoms with Crippen LogP contribution < -0.4 is 4.72 Å². The minimum atomic E-state index is -3.52. The molecule has 0 amide bonds. The van der Waals surface area contributed by atoms with Crippen LogP contribution in [0.2, 0.25) is 0 Å². The van der Waals surface area contributed by atoms with Crippen molar-refractivity contribution in [2.24, 2.45) is 5.92 Å². The Balaban J connectivity index is 2.68. The number of carboxylic acid groups (broad SMARTS) is 1.